The second kappa shape index (κ2) is 7.73. The highest BCUT2D eigenvalue weighted by atomic mass is 79.9. The number of sulfonamides is 1. The van der Waals surface area contributed by atoms with Crippen molar-refractivity contribution in [3.05, 3.63) is 16.5 Å². The maximum absolute atomic E-state index is 12.8. The summed E-state index contributed by atoms with van der Waals surface area (Å²) in [6, 6.07) is 1.45. The Labute approximate surface area is 135 Å². The zero-order valence-corrected chi connectivity index (χ0v) is 15.6. The van der Waals surface area contributed by atoms with Crippen molar-refractivity contribution in [2.45, 2.75) is 31.3 Å². The van der Waals surface area contributed by atoms with Gasteiger partial charge in [0.2, 0.25) is 10.0 Å². The van der Waals surface area contributed by atoms with E-state index in [1.54, 1.807) is 13.1 Å². The van der Waals surface area contributed by atoms with Crippen molar-refractivity contribution in [1.82, 2.24) is 14.5 Å². The molecule has 0 amide bonds. The van der Waals surface area contributed by atoms with Crippen molar-refractivity contribution < 1.29 is 12.8 Å². The summed E-state index contributed by atoms with van der Waals surface area (Å²) >= 11 is 3.21. The van der Waals surface area contributed by atoms with Crippen LogP contribution in [0.3, 0.4) is 0 Å². The summed E-state index contributed by atoms with van der Waals surface area (Å²) in [5.41, 5.74) is 0. The van der Waals surface area contributed by atoms with Gasteiger partial charge in [-0.05, 0) is 44.0 Å². The minimum absolute atomic E-state index is 0.121. The van der Waals surface area contributed by atoms with Crippen molar-refractivity contribution in [2.75, 3.05) is 34.2 Å². The number of nitrogens with one attached hydrogen (secondary N) is 1. The van der Waals surface area contributed by atoms with E-state index in [1.165, 1.54) is 4.31 Å². The molecule has 1 aromatic heterocycles. The monoisotopic (exact) mass is 381 g/mol. The molecule has 1 rings (SSSR count). The Balaban J connectivity index is 3.12. The molecule has 0 aliphatic rings. The highest BCUT2D eigenvalue weighted by molar-refractivity contribution is 9.10. The number of halogens is 1. The van der Waals surface area contributed by atoms with Crippen LogP contribution in [0.1, 0.15) is 19.6 Å². The van der Waals surface area contributed by atoms with Gasteiger partial charge in [-0.15, -0.1) is 0 Å². The Morgan fingerprint density at radius 1 is 1.43 bits per heavy atom. The highest BCUT2D eigenvalue weighted by Crippen LogP contribution is 2.29. The molecule has 0 bridgehead atoms. The molecule has 0 saturated heterocycles. The molecule has 1 heterocycles. The normalized spacial score (nSPS) is 14.1. The van der Waals surface area contributed by atoms with Crippen molar-refractivity contribution in [3.8, 4) is 0 Å². The van der Waals surface area contributed by atoms with Gasteiger partial charge in [0.15, 0.2) is 4.67 Å². The van der Waals surface area contributed by atoms with Crippen molar-refractivity contribution >= 4 is 26.0 Å². The van der Waals surface area contributed by atoms with Crippen LogP contribution in [0.2, 0.25) is 0 Å². The van der Waals surface area contributed by atoms with Gasteiger partial charge in [-0.25, -0.2) is 8.42 Å². The summed E-state index contributed by atoms with van der Waals surface area (Å²) in [7, 11) is 2.05. The first-order chi connectivity index (χ1) is 9.73. The Hall–Kier alpha value is -0.410. The lowest BCUT2D eigenvalue weighted by Gasteiger charge is -2.28. The molecule has 1 atom stereocenters. The molecular formula is C13H24BrN3O3S. The average molecular weight is 382 g/mol. The Kier molecular flexibility index (Phi) is 6.86. The van der Waals surface area contributed by atoms with Gasteiger partial charge in [-0.3, -0.25) is 0 Å². The van der Waals surface area contributed by atoms with Gasteiger partial charge in [0, 0.05) is 25.2 Å². The molecule has 0 fully saturated rings. The molecule has 1 unspecified atom stereocenters. The van der Waals surface area contributed by atoms with E-state index in [0.29, 0.717) is 25.4 Å². The third kappa shape index (κ3) is 4.53. The van der Waals surface area contributed by atoms with Crippen LogP contribution in [0.4, 0.5) is 0 Å². The summed E-state index contributed by atoms with van der Waals surface area (Å²) < 4.78 is 32.8. The van der Waals surface area contributed by atoms with E-state index in [4.69, 9.17) is 4.42 Å². The lowest BCUT2D eigenvalue weighted by molar-refractivity contribution is 0.271. The third-order valence-corrected chi connectivity index (χ3v) is 6.02. The molecule has 8 heteroatoms. The van der Waals surface area contributed by atoms with Gasteiger partial charge < -0.3 is 14.6 Å². The van der Waals surface area contributed by atoms with E-state index in [1.807, 2.05) is 32.8 Å². The first kappa shape index (κ1) is 18.6. The molecule has 1 aromatic rings. The van der Waals surface area contributed by atoms with Gasteiger partial charge in [0.05, 0.1) is 6.54 Å². The van der Waals surface area contributed by atoms with Gasteiger partial charge in [-0.2, -0.15) is 4.31 Å². The SMILES string of the molecule is CCN(C(C)CN(C)C)S(=O)(=O)c1cc(CNC)oc1Br. The maximum Gasteiger partial charge on any atom is 0.247 e. The van der Waals surface area contributed by atoms with Crippen LogP contribution in [0, 0.1) is 0 Å². The largest absolute Gasteiger partial charge is 0.452 e. The zero-order chi connectivity index (χ0) is 16.2. The number of likely N-dealkylation sites (N-methyl/N-ethyl adjacent to an activating group) is 2. The minimum Gasteiger partial charge on any atom is -0.452 e. The fraction of sp³-hybridized carbons (Fsp3) is 0.692. The van der Waals surface area contributed by atoms with Crippen molar-refractivity contribution in [3.63, 3.8) is 0 Å². The average Bonchev–Trinajstić information content (AvgIpc) is 2.71. The second-order valence-electron chi connectivity index (χ2n) is 5.20. The summed E-state index contributed by atoms with van der Waals surface area (Å²) in [5, 5.41) is 2.94. The topological polar surface area (TPSA) is 65.8 Å². The minimum atomic E-state index is -3.59. The predicted molar refractivity (Wildman–Crippen MR) is 86.8 cm³/mol. The van der Waals surface area contributed by atoms with Crippen LogP contribution < -0.4 is 5.32 Å². The Bertz CT molecular complexity index is 557. The van der Waals surface area contributed by atoms with Crippen LogP contribution in [-0.4, -0.2) is 57.9 Å². The molecular weight excluding hydrogens is 358 g/mol. The van der Waals surface area contributed by atoms with Gasteiger partial charge >= 0.3 is 0 Å². The van der Waals surface area contributed by atoms with E-state index in [-0.39, 0.29) is 15.6 Å². The van der Waals surface area contributed by atoms with E-state index in [2.05, 4.69) is 21.2 Å². The van der Waals surface area contributed by atoms with E-state index < -0.39 is 10.0 Å². The summed E-state index contributed by atoms with van der Waals surface area (Å²) in [6.45, 7) is 5.30. The number of furan rings is 1. The summed E-state index contributed by atoms with van der Waals surface area (Å²) in [4.78, 5) is 2.15. The molecule has 6 nitrogen and oxygen atoms in total. The van der Waals surface area contributed by atoms with Crippen LogP contribution in [-0.2, 0) is 16.6 Å². The number of nitrogens with zero attached hydrogens (tertiary/aromatic N) is 2. The van der Waals surface area contributed by atoms with Crippen LogP contribution >= 0.6 is 15.9 Å². The molecule has 0 aliphatic heterocycles. The summed E-state index contributed by atoms with van der Waals surface area (Å²) in [5.74, 6) is 0.583. The maximum atomic E-state index is 12.8. The number of hydrogen-bond donors (Lipinski definition) is 1. The van der Waals surface area contributed by atoms with Crippen LogP contribution in [0.15, 0.2) is 20.0 Å². The molecule has 122 valence electrons. The van der Waals surface area contributed by atoms with Gasteiger partial charge in [0.25, 0.3) is 0 Å². The standard InChI is InChI=1S/C13H24BrN3O3S/c1-6-17(10(2)9-16(4)5)21(18,19)12-7-11(8-15-3)20-13(12)14/h7,10,15H,6,8-9H2,1-5H3. The van der Waals surface area contributed by atoms with Gasteiger partial charge in [0.1, 0.15) is 10.7 Å². The van der Waals surface area contributed by atoms with Crippen molar-refractivity contribution in [1.29, 1.82) is 0 Å². The molecule has 0 saturated carbocycles. The highest BCUT2D eigenvalue weighted by Gasteiger charge is 2.31. The molecule has 0 aliphatic carbocycles. The molecule has 1 N–H and O–H groups in total. The number of hydrogen-bond acceptors (Lipinski definition) is 5. The Morgan fingerprint density at radius 2 is 2.05 bits per heavy atom. The van der Waals surface area contributed by atoms with E-state index in [0.717, 1.165) is 0 Å². The fourth-order valence-corrected chi connectivity index (χ4v) is 4.89. The predicted octanol–water partition coefficient (Wildman–Crippen LogP) is 1.72. The van der Waals surface area contributed by atoms with E-state index in [9.17, 15) is 8.42 Å². The van der Waals surface area contributed by atoms with Crippen molar-refractivity contribution in [2.24, 2.45) is 0 Å². The lowest BCUT2D eigenvalue weighted by atomic mass is 10.3. The number of rotatable bonds is 8. The first-order valence-electron chi connectivity index (χ1n) is 6.83. The molecule has 21 heavy (non-hydrogen) atoms. The smallest absolute Gasteiger partial charge is 0.247 e. The zero-order valence-electron chi connectivity index (χ0n) is 13.2. The summed E-state index contributed by atoms with van der Waals surface area (Å²) in [6.07, 6.45) is 0. The molecule has 0 spiro atoms. The lowest BCUT2D eigenvalue weighted by Crippen LogP contribution is -2.43. The third-order valence-electron chi connectivity index (χ3n) is 3.08. The quantitative estimate of drug-likeness (QED) is 0.742. The Morgan fingerprint density at radius 3 is 2.52 bits per heavy atom. The fourth-order valence-electron chi connectivity index (χ4n) is 2.30. The first-order valence-corrected chi connectivity index (χ1v) is 9.06. The van der Waals surface area contributed by atoms with Crippen LogP contribution in [0.25, 0.3) is 0 Å². The van der Waals surface area contributed by atoms with E-state index >= 15 is 0 Å². The second-order valence-corrected chi connectivity index (χ2v) is 7.78. The molecule has 0 aromatic carbocycles. The van der Waals surface area contributed by atoms with Gasteiger partial charge in [-0.1, -0.05) is 6.92 Å². The van der Waals surface area contributed by atoms with Crippen LogP contribution in [0.5, 0.6) is 0 Å². The molecule has 0 radical (unpaired) electrons.